The van der Waals surface area contributed by atoms with E-state index in [1.54, 1.807) is 0 Å². The predicted octanol–water partition coefficient (Wildman–Crippen LogP) is 1.70. The highest BCUT2D eigenvalue weighted by atomic mass is 16.5. The molecule has 3 atom stereocenters. The first-order chi connectivity index (χ1) is 9.40. The van der Waals surface area contributed by atoms with Crippen LogP contribution in [-0.2, 0) is 0 Å². The average molecular weight is 258 g/mol. The van der Waals surface area contributed by atoms with Crippen LogP contribution in [0.5, 0.6) is 5.75 Å². The summed E-state index contributed by atoms with van der Waals surface area (Å²) in [4.78, 5) is 2.68. The van der Waals surface area contributed by atoms with Crippen molar-refractivity contribution < 1.29 is 4.74 Å². The molecular weight excluding hydrogens is 236 g/mol. The third-order valence-electron chi connectivity index (χ3n) is 5.03. The van der Waals surface area contributed by atoms with Gasteiger partial charge in [0.25, 0.3) is 0 Å². The van der Waals surface area contributed by atoms with E-state index in [1.807, 2.05) is 0 Å². The molecule has 0 spiro atoms. The van der Waals surface area contributed by atoms with Gasteiger partial charge >= 0.3 is 0 Å². The van der Waals surface area contributed by atoms with Gasteiger partial charge in [0.15, 0.2) is 0 Å². The Balaban J connectivity index is 1.47. The van der Waals surface area contributed by atoms with Crippen molar-refractivity contribution in [1.82, 2.24) is 10.2 Å². The Hall–Kier alpha value is -1.06. The second-order valence-corrected chi connectivity index (χ2v) is 6.27. The minimum atomic E-state index is 0.664. The normalized spacial score (nSPS) is 33.8. The van der Waals surface area contributed by atoms with Crippen LogP contribution in [0.2, 0.25) is 0 Å². The third kappa shape index (κ3) is 2.15. The van der Waals surface area contributed by atoms with Gasteiger partial charge in [-0.3, -0.25) is 0 Å². The molecule has 19 heavy (non-hydrogen) atoms. The fraction of sp³-hybridized carbons (Fsp3) is 0.625. The number of ether oxygens (including phenoxy) is 1. The highest BCUT2D eigenvalue weighted by Crippen LogP contribution is 2.35. The van der Waals surface area contributed by atoms with Gasteiger partial charge in [-0.2, -0.15) is 0 Å². The maximum absolute atomic E-state index is 5.76. The van der Waals surface area contributed by atoms with Crippen LogP contribution >= 0.6 is 0 Å². The molecule has 0 saturated carbocycles. The van der Waals surface area contributed by atoms with Crippen LogP contribution in [0.4, 0.5) is 0 Å². The fourth-order valence-electron chi connectivity index (χ4n) is 4.02. The molecule has 3 heteroatoms. The van der Waals surface area contributed by atoms with Crippen molar-refractivity contribution in [2.45, 2.75) is 12.3 Å². The number of fused-ring (bicyclic) bond motifs is 2. The van der Waals surface area contributed by atoms with Crippen LogP contribution in [0.15, 0.2) is 24.3 Å². The van der Waals surface area contributed by atoms with Crippen molar-refractivity contribution in [3.8, 4) is 5.75 Å². The first-order valence-corrected chi connectivity index (χ1v) is 7.55. The summed E-state index contributed by atoms with van der Waals surface area (Å²) in [6, 6.07) is 8.58. The largest absolute Gasteiger partial charge is 0.493 e. The van der Waals surface area contributed by atoms with E-state index >= 15 is 0 Å². The number of rotatable bonds is 2. The molecule has 0 radical (unpaired) electrons. The lowest BCUT2D eigenvalue weighted by Crippen LogP contribution is -2.31. The molecule has 0 aliphatic carbocycles. The van der Waals surface area contributed by atoms with E-state index in [-0.39, 0.29) is 0 Å². The summed E-state index contributed by atoms with van der Waals surface area (Å²) in [6.45, 7) is 7.13. The predicted molar refractivity (Wildman–Crippen MR) is 75.6 cm³/mol. The van der Waals surface area contributed by atoms with Crippen molar-refractivity contribution >= 4 is 0 Å². The molecule has 4 rings (SSSR count). The number of nitrogens with one attached hydrogen (secondary N) is 1. The number of nitrogens with zero attached hydrogens (tertiary/aromatic N) is 1. The number of hydrogen-bond acceptors (Lipinski definition) is 3. The number of para-hydroxylation sites is 1. The van der Waals surface area contributed by atoms with Crippen LogP contribution in [0.1, 0.15) is 17.9 Å². The van der Waals surface area contributed by atoms with E-state index < -0.39 is 0 Å². The van der Waals surface area contributed by atoms with E-state index in [2.05, 4.69) is 34.5 Å². The molecular formula is C16H22N2O. The van der Waals surface area contributed by atoms with Gasteiger partial charge in [-0.1, -0.05) is 18.2 Å². The SMILES string of the molecule is c1ccc2c(c1)OCCC2CN1CC2CNCC2C1. The monoisotopic (exact) mass is 258 g/mol. The molecule has 2 saturated heterocycles. The standard InChI is InChI=1S/C16H22N2O/c1-2-4-16-15(3-1)12(5-6-19-16)9-18-10-13-7-17-8-14(13)11-18/h1-4,12-14,17H,5-11H2. The van der Waals surface area contributed by atoms with Crippen LogP contribution in [-0.4, -0.2) is 44.2 Å². The summed E-state index contributed by atoms with van der Waals surface area (Å²) in [6.07, 6.45) is 1.17. The molecule has 0 amide bonds. The Morgan fingerprint density at radius 1 is 1.16 bits per heavy atom. The molecule has 1 aromatic rings. The fourth-order valence-corrected chi connectivity index (χ4v) is 4.02. The number of hydrogen-bond donors (Lipinski definition) is 1. The molecule has 3 aliphatic heterocycles. The quantitative estimate of drug-likeness (QED) is 0.874. The molecule has 3 aliphatic rings. The minimum absolute atomic E-state index is 0.664. The van der Waals surface area contributed by atoms with E-state index in [4.69, 9.17) is 4.74 Å². The van der Waals surface area contributed by atoms with Crippen molar-refractivity contribution in [3.63, 3.8) is 0 Å². The molecule has 0 bridgehead atoms. The summed E-state index contributed by atoms with van der Waals surface area (Å²) in [7, 11) is 0. The Bertz CT molecular complexity index is 450. The topological polar surface area (TPSA) is 24.5 Å². The number of likely N-dealkylation sites (tertiary alicyclic amines) is 1. The Morgan fingerprint density at radius 2 is 1.95 bits per heavy atom. The van der Waals surface area contributed by atoms with Crippen LogP contribution in [0.25, 0.3) is 0 Å². The lowest BCUT2D eigenvalue weighted by molar-refractivity contribution is 0.225. The second kappa shape index (κ2) is 4.80. The van der Waals surface area contributed by atoms with Gasteiger partial charge in [0.2, 0.25) is 0 Å². The molecule has 3 heterocycles. The molecule has 0 aromatic heterocycles. The highest BCUT2D eigenvalue weighted by molar-refractivity contribution is 5.38. The summed E-state index contributed by atoms with van der Waals surface area (Å²) in [5.41, 5.74) is 1.42. The molecule has 102 valence electrons. The summed E-state index contributed by atoms with van der Waals surface area (Å²) < 4.78 is 5.76. The lowest BCUT2D eigenvalue weighted by Gasteiger charge is -2.29. The molecule has 3 nitrogen and oxygen atoms in total. The highest BCUT2D eigenvalue weighted by Gasteiger charge is 2.37. The van der Waals surface area contributed by atoms with Gasteiger partial charge < -0.3 is 15.0 Å². The summed E-state index contributed by atoms with van der Waals surface area (Å²) in [5, 5.41) is 3.52. The van der Waals surface area contributed by atoms with E-state index in [0.29, 0.717) is 5.92 Å². The smallest absolute Gasteiger partial charge is 0.122 e. The zero-order valence-electron chi connectivity index (χ0n) is 11.3. The van der Waals surface area contributed by atoms with Crippen LogP contribution in [0, 0.1) is 11.8 Å². The zero-order chi connectivity index (χ0) is 12.7. The van der Waals surface area contributed by atoms with E-state index in [1.165, 1.54) is 44.7 Å². The second-order valence-electron chi connectivity index (χ2n) is 6.27. The minimum Gasteiger partial charge on any atom is -0.493 e. The molecule has 2 fully saturated rings. The average Bonchev–Trinajstić information content (AvgIpc) is 3.00. The van der Waals surface area contributed by atoms with Gasteiger partial charge in [-0.15, -0.1) is 0 Å². The van der Waals surface area contributed by atoms with Gasteiger partial charge in [0.05, 0.1) is 6.61 Å². The van der Waals surface area contributed by atoms with Gasteiger partial charge in [0.1, 0.15) is 5.75 Å². The Labute approximate surface area is 114 Å². The third-order valence-corrected chi connectivity index (χ3v) is 5.03. The van der Waals surface area contributed by atoms with Gasteiger partial charge in [-0.25, -0.2) is 0 Å². The Morgan fingerprint density at radius 3 is 2.79 bits per heavy atom. The summed E-state index contributed by atoms with van der Waals surface area (Å²) in [5.74, 6) is 3.57. The van der Waals surface area contributed by atoms with Crippen molar-refractivity contribution in [3.05, 3.63) is 29.8 Å². The molecule has 1 aromatic carbocycles. The first-order valence-electron chi connectivity index (χ1n) is 7.55. The van der Waals surface area contributed by atoms with E-state index in [9.17, 15) is 0 Å². The maximum Gasteiger partial charge on any atom is 0.122 e. The van der Waals surface area contributed by atoms with Crippen molar-refractivity contribution in [1.29, 1.82) is 0 Å². The van der Waals surface area contributed by atoms with Crippen LogP contribution < -0.4 is 10.1 Å². The molecule has 1 N–H and O–H groups in total. The first kappa shape index (κ1) is 11.7. The van der Waals surface area contributed by atoms with E-state index in [0.717, 1.165) is 24.2 Å². The summed E-state index contributed by atoms with van der Waals surface area (Å²) >= 11 is 0. The lowest BCUT2D eigenvalue weighted by atomic mass is 9.92. The van der Waals surface area contributed by atoms with Crippen molar-refractivity contribution in [2.75, 3.05) is 39.3 Å². The zero-order valence-corrected chi connectivity index (χ0v) is 11.3. The van der Waals surface area contributed by atoms with Crippen LogP contribution in [0.3, 0.4) is 0 Å². The van der Waals surface area contributed by atoms with Crippen molar-refractivity contribution in [2.24, 2.45) is 11.8 Å². The molecule has 3 unspecified atom stereocenters. The van der Waals surface area contributed by atoms with Gasteiger partial charge in [-0.05, 0) is 43.0 Å². The Kier molecular flexibility index (Phi) is 2.97. The maximum atomic E-state index is 5.76. The van der Waals surface area contributed by atoms with Gasteiger partial charge in [0, 0.05) is 25.6 Å². The number of benzene rings is 1.